The minimum atomic E-state index is -0.206. The van der Waals surface area contributed by atoms with Crippen LogP contribution in [0.1, 0.15) is 32.1 Å². The van der Waals surface area contributed by atoms with Gasteiger partial charge in [0.05, 0.1) is 0 Å². The van der Waals surface area contributed by atoms with Crippen LogP contribution in [0.5, 0.6) is 0 Å². The van der Waals surface area contributed by atoms with Crippen molar-refractivity contribution in [2.45, 2.75) is 38.2 Å². The third-order valence-electron chi connectivity index (χ3n) is 2.27. The Balaban J connectivity index is 2.00. The van der Waals surface area contributed by atoms with Gasteiger partial charge in [-0.2, -0.15) is 0 Å². The summed E-state index contributed by atoms with van der Waals surface area (Å²) in [6.45, 7) is 1.43. The molecule has 1 aliphatic heterocycles. The number of nitrogens with one attached hydrogen (secondary N) is 1. The van der Waals surface area contributed by atoms with Gasteiger partial charge in [0.2, 0.25) is 5.91 Å². The van der Waals surface area contributed by atoms with Crippen LogP contribution in [0.25, 0.3) is 0 Å². The highest BCUT2D eigenvalue weighted by atomic mass is 16.5. The van der Waals surface area contributed by atoms with E-state index in [0.717, 1.165) is 38.7 Å². The van der Waals surface area contributed by atoms with Crippen LogP contribution < -0.4 is 5.32 Å². The van der Waals surface area contributed by atoms with E-state index in [2.05, 4.69) is 11.2 Å². The van der Waals surface area contributed by atoms with E-state index < -0.39 is 0 Å². The molecule has 1 aliphatic rings. The van der Waals surface area contributed by atoms with Crippen molar-refractivity contribution in [2.75, 3.05) is 13.2 Å². The second kappa shape index (κ2) is 6.44. The molecule has 0 spiro atoms. The lowest BCUT2D eigenvalue weighted by atomic mass is 10.2. The fourth-order valence-electron chi connectivity index (χ4n) is 1.46. The Labute approximate surface area is 85.2 Å². The van der Waals surface area contributed by atoms with Crippen LogP contribution in [0, 0.1) is 12.3 Å². The highest BCUT2D eigenvalue weighted by molar-refractivity contribution is 5.80. The zero-order chi connectivity index (χ0) is 10.2. The molecular formula is C11H17NO2. The third kappa shape index (κ3) is 3.80. The molecule has 1 atom stereocenters. The number of hydrogen-bond acceptors (Lipinski definition) is 2. The smallest absolute Gasteiger partial charge is 0.249 e. The molecule has 1 rings (SSSR count). The molecule has 0 aromatic carbocycles. The minimum absolute atomic E-state index is 0.0307. The summed E-state index contributed by atoms with van der Waals surface area (Å²) in [5.74, 6) is 2.60. The Hall–Kier alpha value is -1.01. The van der Waals surface area contributed by atoms with Gasteiger partial charge in [0.25, 0.3) is 0 Å². The van der Waals surface area contributed by atoms with Crippen LogP contribution in [0.3, 0.4) is 0 Å². The third-order valence-corrected chi connectivity index (χ3v) is 2.27. The van der Waals surface area contributed by atoms with Gasteiger partial charge in [0.1, 0.15) is 6.10 Å². The zero-order valence-electron chi connectivity index (χ0n) is 8.42. The number of carbonyl (C=O) groups is 1. The summed E-state index contributed by atoms with van der Waals surface area (Å²) in [5, 5.41) is 2.85. The lowest BCUT2D eigenvalue weighted by molar-refractivity contribution is -0.130. The van der Waals surface area contributed by atoms with Crippen molar-refractivity contribution < 1.29 is 9.53 Å². The van der Waals surface area contributed by atoms with Gasteiger partial charge in [-0.3, -0.25) is 4.79 Å². The molecule has 0 radical (unpaired) electrons. The molecule has 14 heavy (non-hydrogen) atoms. The van der Waals surface area contributed by atoms with Crippen molar-refractivity contribution in [1.82, 2.24) is 5.32 Å². The van der Waals surface area contributed by atoms with E-state index in [-0.39, 0.29) is 12.0 Å². The highest BCUT2D eigenvalue weighted by Gasteiger charge is 2.22. The molecule has 78 valence electrons. The van der Waals surface area contributed by atoms with Gasteiger partial charge in [-0.15, -0.1) is 12.3 Å². The summed E-state index contributed by atoms with van der Waals surface area (Å²) < 4.78 is 5.25. The summed E-state index contributed by atoms with van der Waals surface area (Å²) in [7, 11) is 0. The Morgan fingerprint density at radius 1 is 1.57 bits per heavy atom. The summed E-state index contributed by atoms with van der Waals surface area (Å²) in [5.41, 5.74) is 0. The molecule has 1 fully saturated rings. The first-order valence-corrected chi connectivity index (χ1v) is 5.17. The molecule has 0 bridgehead atoms. The van der Waals surface area contributed by atoms with E-state index in [1.54, 1.807) is 0 Å². The fraction of sp³-hybridized carbons (Fsp3) is 0.727. The van der Waals surface area contributed by atoms with E-state index >= 15 is 0 Å². The number of carbonyl (C=O) groups excluding carboxylic acids is 1. The molecule has 0 aromatic rings. The van der Waals surface area contributed by atoms with E-state index in [1.807, 2.05) is 0 Å². The fourth-order valence-corrected chi connectivity index (χ4v) is 1.46. The second-order valence-corrected chi connectivity index (χ2v) is 3.45. The van der Waals surface area contributed by atoms with E-state index in [1.165, 1.54) is 0 Å². The average molecular weight is 195 g/mol. The van der Waals surface area contributed by atoms with Crippen LogP contribution >= 0.6 is 0 Å². The van der Waals surface area contributed by atoms with Crippen molar-refractivity contribution in [1.29, 1.82) is 0 Å². The number of unbranched alkanes of at least 4 members (excludes halogenated alkanes) is 2. The zero-order valence-corrected chi connectivity index (χ0v) is 8.42. The number of hydrogen-bond donors (Lipinski definition) is 1. The van der Waals surface area contributed by atoms with Gasteiger partial charge in [-0.25, -0.2) is 0 Å². The first-order valence-electron chi connectivity index (χ1n) is 5.17. The van der Waals surface area contributed by atoms with Crippen LogP contribution in [-0.4, -0.2) is 25.2 Å². The van der Waals surface area contributed by atoms with Gasteiger partial charge in [0.15, 0.2) is 0 Å². The second-order valence-electron chi connectivity index (χ2n) is 3.45. The summed E-state index contributed by atoms with van der Waals surface area (Å²) in [6.07, 6.45) is 9.47. The van der Waals surface area contributed by atoms with Gasteiger partial charge >= 0.3 is 0 Å². The quantitative estimate of drug-likeness (QED) is 0.526. The summed E-state index contributed by atoms with van der Waals surface area (Å²) in [6, 6.07) is 0. The van der Waals surface area contributed by atoms with Gasteiger partial charge in [-0.1, -0.05) is 0 Å². The van der Waals surface area contributed by atoms with E-state index in [0.29, 0.717) is 6.54 Å². The van der Waals surface area contributed by atoms with Crippen molar-refractivity contribution >= 4 is 5.91 Å². The van der Waals surface area contributed by atoms with Crippen LogP contribution in [-0.2, 0) is 9.53 Å². The highest BCUT2D eigenvalue weighted by Crippen LogP contribution is 2.11. The summed E-state index contributed by atoms with van der Waals surface area (Å²) in [4.78, 5) is 11.4. The topological polar surface area (TPSA) is 38.3 Å². The van der Waals surface area contributed by atoms with Gasteiger partial charge in [-0.05, 0) is 25.7 Å². The normalized spacial score (nSPS) is 20.4. The molecule has 1 unspecified atom stereocenters. The maximum Gasteiger partial charge on any atom is 0.249 e. The molecule has 1 amide bonds. The Bertz CT molecular complexity index is 214. The van der Waals surface area contributed by atoms with Crippen molar-refractivity contribution in [2.24, 2.45) is 0 Å². The lowest BCUT2D eigenvalue weighted by Crippen LogP contribution is -2.34. The Morgan fingerprint density at radius 2 is 2.43 bits per heavy atom. The predicted molar refractivity (Wildman–Crippen MR) is 54.7 cm³/mol. The van der Waals surface area contributed by atoms with Crippen LogP contribution in [0.2, 0.25) is 0 Å². The Kier molecular flexibility index (Phi) is 5.09. The van der Waals surface area contributed by atoms with E-state index in [9.17, 15) is 4.79 Å². The van der Waals surface area contributed by atoms with Crippen molar-refractivity contribution in [3.8, 4) is 12.3 Å². The lowest BCUT2D eigenvalue weighted by Gasteiger charge is -2.09. The van der Waals surface area contributed by atoms with Crippen molar-refractivity contribution in [3.63, 3.8) is 0 Å². The molecule has 3 nitrogen and oxygen atoms in total. The number of amides is 1. The molecule has 0 aromatic heterocycles. The molecule has 0 saturated carbocycles. The molecule has 3 heteroatoms. The first-order chi connectivity index (χ1) is 6.84. The summed E-state index contributed by atoms with van der Waals surface area (Å²) >= 11 is 0. The van der Waals surface area contributed by atoms with Crippen LogP contribution in [0.4, 0.5) is 0 Å². The largest absolute Gasteiger partial charge is 0.368 e. The van der Waals surface area contributed by atoms with Crippen molar-refractivity contribution in [3.05, 3.63) is 0 Å². The molecule has 1 N–H and O–H groups in total. The van der Waals surface area contributed by atoms with E-state index in [4.69, 9.17) is 11.2 Å². The minimum Gasteiger partial charge on any atom is -0.368 e. The number of terminal acetylenes is 1. The standard InChI is InChI=1S/C11H17NO2/c1-2-3-4-5-8-12-11(13)10-7-6-9-14-10/h1,10H,3-9H2,(H,12,13). The molecule has 1 heterocycles. The predicted octanol–water partition coefficient (Wildman–Crippen LogP) is 1.09. The maximum atomic E-state index is 11.4. The average Bonchev–Trinajstić information content (AvgIpc) is 2.70. The molecule has 0 aliphatic carbocycles. The number of rotatable bonds is 5. The first kappa shape index (κ1) is 11.1. The number of ether oxygens (including phenoxy) is 1. The molecular weight excluding hydrogens is 178 g/mol. The maximum absolute atomic E-state index is 11.4. The monoisotopic (exact) mass is 195 g/mol. The molecule has 1 saturated heterocycles. The van der Waals surface area contributed by atoms with Gasteiger partial charge < -0.3 is 10.1 Å². The van der Waals surface area contributed by atoms with Gasteiger partial charge in [0, 0.05) is 19.6 Å². The Morgan fingerprint density at radius 3 is 3.07 bits per heavy atom. The SMILES string of the molecule is C#CCCCCNC(=O)C1CCCO1. The van der Waals surface area contributed by atoms with Crippen LogP contribution in [0.15, 0.2) is 0 Å².